The summed E-state index contributed by atoms with van der Waals surface area (Å²) in [7, 11) is 0. The van der Waals surface area contributed by atoms with Crippen LogP contribution in [0.2, 0.25) is 0 Å². The van der Waals surface area contributed by atoms with E-state index in [0.717, 1.165) is 59.8 Å². The Kier molecular flexibility index (Phi) is 6.12. The van der Waals surface area contributed by atoms with Gasteiger partial charge >= 0.3 is 0 Å². The van der Waals surface area contributed by atoms with Crippen LogP contribution in [0.25, 0.3) is 0 Å². The normalized spacial score (nSPS) is 14.6. The molecule has 3 aromatic rings. The summed E-state index contributed by atoms with van der Waals surface area (Å²) >= 11 is 0. The van der Waals surface area contributed by atoms with Crippen molar-refractivity contribution in [3.8, 4) is 5.75 Å². The van der Waals surface area contributed by atoms with Crippen molar-refractivity contribution in [2.75, 3.05) is 13.1 Å². The van der Waals surface area contributed by atoms with Crippen LogP contribution >= 0.6 is 0 Å². The van der Waals surface area contributed by atoms with Crippen LogP contribution in [-0.2, 0) is 6.54 Å². The van der Waals surface area contributed by atoms with Crippen molar-refractivity contribution < 1.29 is 9.53 Å². The third kappa shape index (κ3) is 4.98. The van der Waals surface area contributed by atoms with Crippen molar-refractivity contribution in [3.63, 3.8) is 0 Å². The molecule has 0 spiro atoms. The molecule has 5 heteroatoms. The first-order chi connectivity index (χ1) is 14.9. The maximum absolute atomic E-state index is 13.1. The summed E-state index contributed by atoms with van der Waals surface area (Å²) in [6.45, 7) is 10.3. The minimum Gasteiger partial charge on any atom is -0.490 e. The lowest BCUT2D eigenvalue weighted by molar-refractivity contribution is 0.0594. The first-order valence-electron chi connectivity index (χ1n) is 11.0. The summed E-state index contributed by atoms with van der Waals surface area (Å²) < 4.78 is 8.23. The molecule has 0 radical (unpaired) electrons. The number of aryl methyl sites for hydroxylation is 4. The number of ether oxygens (including phenoxy) is 1. The minimum atomic E-state index is 0.0976. The molecule has 0 N–H and O–H groups in total. The van der Waals surface area contributed by atoms with Crippen LogP contribution in [0.1, 0.15) is 51.3 Å². The standard InChI is InChI=1S/C26H31N3O2/c1-18-8-9-19(2)25(14-18)31-24-10-12-28(13-11-24)26(30)23-7-5-6-22(16-23)17-29-21(4)15-20(3)27-29/h5-9,14-16,24H,10-13,17H2,1-4H3. The summed E-state index contributed by atoms with van der Waals surface area (Å²) in [5, 5.41) is 4.53. The SMILES string of the molecule is Cc1ccc(C)c(OC2CCN(C(=O)c3cccc(Cn4nc(C)cc4C)c3)CC2)c1. The van der Waals surface area contributed by atoms with Gasteiger partial charge in [-0.25, -0.2) is 0 Å². The van der Waals surface area contributed by atoms with Crippen LogP contribution in [-0.4, -0.2) is 39.8 Å². The molecular weight excluding hydrogens is 386 g/mol. The molecule has 2 heterocycles. The molecule has 1 aromatic heterocycles. The van der Waals surface area contributed by atoms with E-state index >= 15 is 0 Å². The Labute approximate surface area is 184 Å². The lowest BCUT2D eigenvalue weighted by Gasteiger charge is -2.32. The first-order valence-corrected chi connectivity index (χ1v) is 11.0. The van der Waals surface area contributed by atoms with E-state index in [0.29, 0.717) is 6.54 Å². The summed E-state index contributed by atoms with van der Waals surface area (Å²) in [4.78, 5) is 15.1. The second-order valence-electron chi connectivity index (χ2n) is 8.66. The van der Waals surface area contributed by atoms with Gasteiger partial charge in [-0.3, -0.25) is 9.48 Å². The maximum Gasteiger partial charge on any atom is 0.253 e. The van der Waals surface area contributed by atoms with Gasteiger partial charge in [0.15, 0.2) is 0 Å². The van der Waals surface area contributed by atoms with Crippen LogP contribution in [0.3, 0.4) is 0 Å². The van der Waals surface area contributed by atoms with Crippen molar-refractivity contribution in [2.45, 2.75) is 53.2 Å². The Morgan fingerprint density at radius 3 is 2.52 bits per heavy atom. The highest BCUT2D eigenvalue weighted by molar-refractivity contribution is 5.94. The lowest BCUT2D eigenvalue weighted by Crippen LogP contribution is -2.41. The van der Waals surface area contributed by atoms with Crippen LogP contribution < -0.4 is 4.74 Å². The molecule has 0 saturated carbocycles. The molecule has 5 nitrogen and oxygen atoms in total. The summed E-state index contributed by atoms with van der Waals surface area (Å²) in [6.07, 6.45) is 1.86. The first kappa shape index (κ1) is 21.2. The summed E-state index contributed by atoms with van der Waals surface area (Å²) in [6, 6.07) is 16.3. The number of hydrogen-bond acceptors (Lipinski definition) is 3. The highest BCUT2D eigenvalue weighted by Gasteiger charge is 2.25. The van der Waals surface area contributed by atoms with Crippen molar-refractivity contribution in [3.05, 3.63) is 82.2 Å². The van der Waals surface area contributed by atoms with Gasteiger partial charge in [0.2, 0.25) is 0 Å². The molecule has 1 saturated heterocycles. The van der Waals surface area contributed by atoms with Gasteiger partial charge in [-0.1, -0.05) is 24.3 Å². The van der Waals surface area contributed by atoms with Gasteiger partial charge < -0.3 is 9.64 Å². The number of benzene rings is 2. The highest BCUT2D eigenvalue weighted by atomic mass is 16.5. The molecule has 4 rings (SSSR count). The number of carbonyl (C=O) groups is 1. The van der Waals surface area contributed by atoms with Gasteiger partial charge in [-0.2, -0.15) is 5.10 Å². The summed E-state index contributed by atoms with van der Waals surface area (Å²) in [5.74, 6) is 1.06. The van der Waals surface area contributed by atoms with Crippen molar-refractivity contribution in [2.24, 2.45) is 0 Å². The average Bonchev–Trinajstić information content (AvgIpc) is 3.07. The number of amides is 1. The van der Waals surface area contributed by atoms with Crippen LogP contribution in [0, 0.1) is 27.7 Å². The predicted molar refractivity (Wildman–Crippen MR) is 123 cm³/mol. The molecule has 1 aliphatic heterocycles. The number of carbonyl (C=O) groups excluding carboxylic acids is 1. The average molecular weight is 418 g/mol. The van der Waals surface area contributed by atoms with Gasteiger partial charge in [-0.05, 0) is 68.7 Å². The molecular formula is C26H31N3O2. The van der Waals surface area contributed by atoms with Gasteiger partial charge in [0.25, 0.3) is 5.91 Å². The van der Waals surface area contributed by atoms with Gasteiger partial charge in [0.1, 0.15) is 11.9 Å². The van der Waals surface area contributed by atoms with E-state index in [-0.39, 0.29) is 12.0 Å². The molecule has 0 bridgehead atoms. The number of likely N-dealkylation sites (tertiary alicyclic amines) is 1. The minimum absolute atomic E-state index is 0.0976. The molecule has 0 unspecified atom stereocenters. The number of hydrogen-bond donors (Lipinski definition) is 0. The second-order valence-corrected chi connectivity index (χ2v) is 8.66. The van der Waals surface area contributed by atoms with Crippen LogP contribution in [0.15, 0.2) is 48.5 Å². The Balaban J connectivity index is 1.37. The van der Waals surface area contributed by atoms with E-state index in [4.69, 9.17) is 4.74 Å². The molecule has 1 aliphatic rings. The largest absolute Gasteiger partial charge is 0.490 e. The molecule has 1 fully saturated rings. The Morgan fingerprint density at radius 1 is 1.03 bits per heavy atom. The zero-order chi connectivity index (χ0) is 22.0. The third-order valence-corrected chi connectivity index (χ3v) is 5.98. The van der Waals surface area contributed by atoms with Gasteiger partial charge in [0.05, 0.1) is 12.2 Å². The van der Waals surface area contributed by atoms with E-state index in [2.05, 4.69) is 56.2 Å². The fourth-order valence-corrected chi connectivity index (χ4v) is 4.18. The van der Waals surface area contributed by atoms with Crippen molar-refractivity contribution >= 4 is 5.91 Å². The van der Waals surface area contributed by atoms with E-state index in [1.54, 1.807) is 0 Å². The van der Waals surface area contributed by atoms with Gasteiger partial charge in [-0.15, -0.1) is 0 Å². The molecule has 0 aliphatic carbocycles. The smallest absolute Gasteiger partial charge is 0.253 e. The van der Waals surface area contributed by atoms with Crippen LogP contribution in [0.5, 0.6) is 5.75 Å². The zero-order valence-electron chi connectivity index (χ0n) is 18.9. The topological polar surface area (TPSA) is 47.4 Å². The number of piperidine rings is 1. The Bertz CT molecular complexity index is 1080. The highest BCUT2D eigenvalue weighted by Crippen LogP contribution is 2.24. The fraction of sp³-hybridized carbons (Fsp3) is 0.385. The predicted octanol–water partition coefficient (Wildman–Crippen LogP) is 4.85. The number of rotatable bonds is 5. The van der Waals surface area contributed by atoms with E-state index in [1.165, 1.54) is 5.56 Å². The van der Waals surface area contributed by atoms with E-state index < -0.39 is 0 Å². The molecule has 31 heavy (non-hydrogen) atoms. The number of aromatic nitrogens is 2. The lowest BCUT2D eigenvalue weighted by atomic mass is 10.0. The Hall–Kier alpha value is -3.08. The zero-order valence-corrected chi connectivity index (χ0v) is 18.9. The molecule has 0 atom stereocenters. The monoisotopic (exact) mass is 417 g/mol. The molecule has 1 amide bonds. The molecule has 162 valence electrons. The van der Waals surface area contributed by atoms with Crippen molar-refractivity contribution in [1.82, 2.24) is 14.7 Å². The quantitative estimate of drug-likeness (QED) is 0.596. The molecule has 2 aromatic carbocycles. The third-order valence-electron chi connectivity index (χ3n) is 5.98. The Morgan fingerprint density at radius 2 is 1.81 bits per heavy atom. The van der Waals surface area contributed by atoms with Crippen molar-refractivity contribution in [1.29, 1.82) is 0 Å². The fourth-order valence-electron chi connectivity index (χ4n) is 4.18. The number of nitrogens with zero attached hydrogens (tertiary/aromatic N) is 3. The summed E-state index contributed by atoms with van der Waals surface area (Å²) in [5.41, 5.74) is 6.33. The second kappa shape index (κ2) is 8.96. The van der Waals surface area contributed by atoms with Crippen LogP contribution in [0.4, 0.5) is 0 Å². The maximum atomic E-state index is 13.1. The van der Waals surface area contributed by atoms with Gasteiger partial charge in [0, 0.05) is 37.2 Å². The van der Waals surface area contributed by atoms with E-state index in [9.17, 15) is 4.79 Å². The van der Waals surface area contributed by atoms with E-state index in [1.807, 2.05) is 34.7 Å².